The third-order valence-corrected chi connectivity index (χ3v) is 2.24. The largest absolute Gasteiger partial charge is 0.326 e. The van der Waals surface area contributed by atoms with Crippen LogP contribution in [0.25, 0.3) is 0 Å². The van der Waals surface area contributed by atoms with Crippen LogP contribution in [-0.4, -0.2) is 16.5 Å². The molecule has 0 fully saturated rings. The molecule has 0 aromatic heterocycles. The molecule has 0 aliphatic rings. The van der Waals surface area contributed by atoms with Gasteiger partial charge in [-0.3, -0.25) is 9.59 Å². The first-order valence-electron chi connectivity index (χ1n) is 4.56. The summed E-state index contributed by atoms with van der Waals surface area (Å²) in [6, 6.07) is 6.89. The van der Waals surface area contributed by atoms with Crippen LogP contribution in [0, 0.1) is 0 Å². The second kappa shape index (κ2) is 5.07. The predicted octanol–water partition coefficient (Wildman–Crippen LogP) is 2.61. The Morgan fingerprint density at radius 3 is 2.60 bits per heavy atom. The van der Waals surface area contributed by atoms with Crippen molar-refractivity contribution in [2.45, 2.75) is 18.7 Å². The van der Waals surface area contributed by atoms with Crippen molar-refractivity contribution in [3.05, 3.63) is 29.8 Å². The zero-order valence-electron chi connectivity index (χ0n) is 8.58. The minimum absolute atomic E-state index is 0.00204. The van der Waals surface area contributed by atoms with Crippen LogP contribution < -0.4 is 5.32 Å². The topological polar surface area (TPSA) is 46.2 Å². The van der Waals surface area contributed by atoms with E-state index in [1.54, 1.807) is 31.2 Å². The lowest BCUT2D eigenvalue weighted by Gasteiger charge is -2.06. The van der Waals surface area contributed by atoms with E-state index < -0.39 is 0 Å². The monoisotopic (exact) mass is 269 g/mol. The van der Waals surface area contributed by atoms with Gasteiger partial charge in [0.1, 0.15) is 0 Å². The Labute approximate surface area is 97.0 Å². The molecule has 1 N–H and O–H groups in total. The number of alkyl halides is 1. The first kappa shape index (κ1) is 11.9. The summed E-state index contributed by atoms with van der Waals surface area (Å²) in [6.45, 7) is 3.20. The fourth-order valence-electron chi connectivity index (χ4n) is 1.18. The molecule has 1 aromatic carbocycles. The molecule has 1 unspecified atom stereocenters. The molecule has 0 radical (unpaired) electrons. The zero-order valence-corrected chi connectivity index (χ0v) is 10.2. The van der Waals surface area contributed by atoms with E-state index in [4.69, 9.17) is 0 Å². The lowest BCUT2D eigenvalue weighted by Crippen LogP contribution is -2.11. The van der Waals surface area contributed by atoms with Gasteiger partial charge in [0.2, 0.25) is 5.91 Å². The molecule has 1 aromatic rings. The third-order valence-electron chi connectivity index (χ3n) is 1.83. The second-order valence-corrected chi connectivity index (χ2v) is 4.62. The molecule has 0 heterocycles. The molecule has 15 heavy (non-hydrogen) atoms. The van der Waals surface area contributed by atoms with Crippen molar-refractivity contribution < 1.29 is 9.59 Å². The van der Waals surface area contributed by atoms with Crippen LogP contribution in [0.15, 0.2) is 24.3 Å². The highest BCUT2D eigenvalue weighted by molar-refractivity contribution is 9.10. The fraction of sp³-hybridized carbons (Fsp3) is 0.273. The molecule has 0 spiro atoms. The maximum atomic E-state index is 11.6. The summed E-state index contributed by atoms with van der Waals surface area (Å²) in [5, 5.41) is 2.63. The SMILES string of the molecule is CC(=O)Nc1cccc(C(=O)C(C)Br)c1. The average molecular weight is 270 g/mol. The standard InChI is InChI=1S/C11H12BrNO2/c1-7(12)11(15)9-4-3-5-10(6-9)13-8(2)14/h3-7H,1-2H3,(H,13,14). The number of hydrogen-bond donors (Lipinski definition) is 1. The first-order valence-corrected chi connectivity index (χ1v) is 5.48. The van der Waals surface area contributed by atoms with Crippen LogP contribution >= 0.6 is 15.9 Å². The smallest absolute Gasteiger partial charge is 0.221 e. The molecule has 0 aliphatic heterocycles. The Kier molecular flexibility index (Phi) is 4.03. The first-order chi connectivity index (χ1) is 7.00. The maximum Gasteiger partial charge on any atom is 0.221 e. The van der Waals surface area contributed by atoms with Gasteiger partial charge in [-0.1, -0.05) is 28.1 Å². The van der Waals surface area contributed by atoms with E-state index in [1.165, 1.54) is 6.92 Å². The Morgan fingerprint density at radius 1 is 1.40 bits per heavy atom. The number of ketones is 1. The summed E-state index contributed by atoms with van der Waals surface area (Å²) >= 11 is 3.22. The lowest BCUT2D eigenvalue weighted by atomic mass is 10.1. The number of carbonyl (C=O) groups is 2. The van der Waals surface area contributed by atoms with Crippen LogP contribution in [0.4, 0.5) is 5.69 Å². The molecule has 4 heteroatoms. The number of halogens is 1. The van der Waals surface area contributed by atoms with E-state index in [1.807, 2.05) is 0 Å². The van der Waals surface area contributed by atoms with Crippen molar-refractivity contribution in [3.63, 3.8) is 0 Å². The molecule has 0 saturated heterocycles. The normalized spacial score (nSPS) is 11.9. The summed E-state index contributed by atoms with van der Waals surface area (Å²) in [6.07, 6.45) is 0. The van der Waals surface area contributed by atoms with E-state index in [0.717, 1.165) is 0 Å². The molecule has 0 bridgehead atoms. The molecule has 3 nitrogen and oxygen atoms in total. The summed E-state index contributed by atoms with van der Waals surface area (Å²) in [7, 11) is 0. The molecular weight excluding hydrogens is 258 g/mol. The number of rotatable bonds is 3. The van der Waals surface area contributed by atoms with E-state index >= 15 is 0 Å². The predicted molar refractivity (Wildman–Crippen MR) is 63.5 cm³/mol. The molecule has 1 atom stereocenters. The highest BCUT2D eigenvalue weighted by atomic mass is 79.9. The average Bonchev–Trinajstić information content (AvgIpc) is 2.16. The Hall–Kier alpha value is -1.16. The van der Waals surface area contributed by atoms with E-state index in [-0.39, 0.29) is 16.5 Å². The van der Waals surface area contributed by atoms with Gasteiger partial charge in [-0.2, -0.15) is 0 Å². The number of nitrogens with one attached hydrogen (secondary N) is 1. The minimum Gasteiger partial charge on any atom is -0.326 e. The van der Waals surface area contributed by atoms with Gasteiger partial charge in [0.25, 0.3) is 0 Å². The number of benzene rings is 1. The highest BCUT2D eigenvalue weighted by Gasteiger charge is 2.11. The van der Waals surface area contributed by atoms with Gasteiger partial charge in [-0.05, 0) is 19.1 Å². The quantitative estimate of drug-likeness (QED) is 0.677. The van der Waals surface area contributed by atoms with Crippen LogP contribution in [0.3, 0.4) is 0 Å². The van der Waals surface area contributed by atoms with Crippen LogP contribution in [-0.2, 0) is 4.79 Å². The Balaban J connectivity index is 2.92. The molecule has 0 aliphatic carbocycles. The molecule has 1 amide bonds. The van der Waals surface area contributed by atoms with E-state index in [9.17, 15) is 9.59 Å². The summed E-state index contributed by atoms with van der Waals surface area (Å²) in [4.78, 5) is 22.2. The van der Waals surface area contributed by atoms with Crippen LogP contribution in [0.5, 0.6) is 0 Å². The molecule has 1 rings (SSSR count). The van der Waals surface area contributed by atoms with Gasteiger partial charge in [0.05, 0.1) is 4.83 Å². The minimum atomic E-state index is -0.218. The fourth-order valence-corrected chi connectivity index (χ4v) is 1.45. The van der Waals surface area contributed by atoms with Gasteiger partial charge in [0, 0.05) is 18.2 Å². The van der Waals surface area contributed by atoms with Crippen molar-refractivity contribution in [1.82, 2.24) is 0 Å². The third kappa shape index (κ3) is 3.47. The molecular formula is C11H12BrNO2. The van der Waals surface area contributed by atoms with Crippen molar-refractivity contribution in [1.29, 1.82) is 0 Å². The zero-order chi connectivity index (χ0) is 11.4. The van der Waals surface area contributed by atoms with Crippen molar-refractivity contribution in [3.8, 4) is 0 Å². The molecule has 80 valence electrons. The summed E-state index contributed by atoms with van der Waals surface area (Å²) < 4.78 is 0. The van der Waals surface area contributed by atoms with Gasteiger partial charge in [-0.15, -0.1) is 0 Å². The Morgan fingerprint density at radius 2 is 2.07 bits per heavy atom. The highest BCUT2D eigenvalue weighted by Crippen LogP contribution is 2.14. The van der Waals surface area contributed by atoms with Crippen molar-refractivity contribution in [2.75, 3.05) is 5.32 Å². The van der Waals surface area contributed by atoms with Gasteiger partial charge in [-0.25, -0.2) is 0 Å². The van der Waals surface area contributed by atoms with Crippen LogP contribution in [0.2, 0.25) is 0 Å². The van der Waals surface area contributed by atoms with E-state index in [0.29, 0.717) is 11.3 Å². The number of hydrogen-bond acceptors (Lipinski definition) is 2. The van der Waals surface area contributed by atoms with Gasteiger partial charge >= 0.3 is 0 Å². The Bertz CT molecular complexity index is 388. The number of amides is 1. The van der Waals surface area contributed by atoms with Gasteiger partial charge in [0.15, 0.2) is 5.78 Å². The summed E-state index contributed by atoms with van der Waals surface area (Å²) in [5.41, 5.74) is 1.23. The van der Waals surface area contributed by atoms with Crippen LogP contribution in [0.1, 0.15) is 24.2 Å². The van der Waals surface area contributed by atoms with E-state index in [2.05, 4.69) is 21.2 Å². The van der Waals surface area contributed by atoms with Crippen molar-refractivity contribution in [2.24, 2.45) is 0 Å². The summed E-state index contributed by atoms with van der Waals surface area (Å²) in [5.74, 6) is -0.145. The second-order valence-electron chi connectivity index (χ2n) is 3.24. The number of carbonyl (C=O) groups excluding carboxylic acids is 2. The maximum absolute atomic E-state index is 11.6. The lowest BCUT2D eigenvalue weighted by molar-refractivity contribution is -0.114. The van der Waals surface area contributed by atoms with Crippen molar-refractivity contribution >= 4 is 33.3 Å². The molecule has 0 saturated carbocycles. The van der Waals surface area contributed by atoms with Gasteiger partial charge < -0.3 is 5.32 Å². The number of anilines is 1. The number of Topliss-reactive ketones (excluding diaryl/α,β-unsaturated/α-hetero) is 1.